The smallest absolute Gasteiger partial charge is 0.312 e. The van der Waals surface area contributed by atoms with Gasteiger partial charge in [-0.15, -0.1) is 5.50 Å². The summed E-state index contributed by atoms with van der Waals surface area (Å²) in [6.07, 6.45) is 0. The second-order valence-corrected chi connectivity index (χ2v) is 1.63. The Labute approximate surface area is 28.8 Å². The van der Waals surface area contributed by atoms with Crippen molar-refractivity contribution in [1.29, 1.82) is 0 Å². The van der Waals surface area contributed by atoms with Crippen LogP contribution in [0.5, 0.6) is 0 Å². The molecule has 0 aromatic rings. The Kier molecular flexibility index (Phi) is 1.09. The molecule has 0 aliphatic carbocycles. The molecule has 0 aromatic heterocycles. The van der Waals surface area contributed by atoms with E-state index in [1.165, 1.54) is 0 Å². The average molecular weight is 96.0 g/mol. The molecule has 5 heteroatoms. The van der Waals surface area contributed by atoms with Crippen molar-refractivity contribution in [2.75, 3.05) is 0 Å². The summed E-state index contributed by atoms with van der Waals surface area (Å²) in [7, 11) is -4.39. The predicted molar refractivity (Wildman–Crippen MR) is 15.1 cm³/mol. The average Bonchev–Trinajstić information content (AvgIpc) is 0.722. The van der Waals surface area contributed by atoms with Gasteiger partial charge in [-0.05, 0) is 0 Å². The third-order valence-electron chi connectivity index (χ3n) is 0. The zero-order chi connectivity index (χ0) is 4.50. The first kappa shape index (κ1) is 5.11. The van der Waals surface area contributed by atoms with Crippen LogP contribution in [0.2, 0.25) is 0 Å². The van der Waals surface area contributed by atoms with Crippen LogP contribution in [0.15, 0.2) is 0 Å². The Hall–Kier alpha value is 0.110. The molecule has 31 valence electrons. The Morgan fingerprint density at radius 1 is 1.60 bits per heavy atom. The van der Waals surface area contributed by atoms with E-state index in [0.717, 1.165) is 0 Å². The molecule has 0 unspecified atom stereocenters. The van der Waals surface area contributed by atoms with Gasteiger partial charge < -0.3 is 9.79 Å². The van der Waals surface area contributed by atoms with Gasteiger partial charge >= 0.3 is 7.75 Å². The lowest BCUT2D eigenvalue weighted by Crippen LogP contribution is -1.70. The monoisotopic (exact) mass is 96.0 g/mol. The van der Waals surface area contributed by atoms with E-state index in [9.17, 15) is 0 Å². The van der Waals surface area contributed by atoms with E-state index < -0.39 is 7.75 Å². The van der Waals surface area contributed by atoms with Crippen LogP contribution >= 0.6 is 7.75 Å². The van der Waals surface area contributed by atoms with Crippen molar-refractivity contribution in [3.63, 3.8) is 0 Å². The molecular formula is H3NO3P. The first-order valence-corrected chi connectivity index (χ1v) is 2.42. The Morgan fingerprint density at radius 3 is 1.60 bits per heavy atom. The van der Waals surface area contributed by atoms with Crippen molar-refractivity contribution in [1.82, 2.24) is 5.50 Å². The van der Waals surface area contributed by atoms with Gasteiger partial charge in [0.05, 0.1) is 0 Å². The van der Waals surface area contributed by atoms with Gasteiger partial charge in [0.15, 0.2) is 0 Å². The quantitative estimate of drug-likeness (QED) is 0.393. The molecule has 4 nitrogen and oxygen atoms in total. The summed E-state index contributed by atoms with van der Waals surface area (Å²) in [6.45, 7) is 0. The van der Waals surface area contributed by atoms with E-state index in [2.05, 4.69) is 0 Å². The summed E-state index contributed by atoms with van der Waals surface area (Å²) in [6, 6.07) is 0. The third kappa shape index (κ3) is 1510. The number of rotatable bonds is 0. The van der Waals surface area contributed by atoms with Crippen LogP contribution in [0.3, 0.4) is 0 Å². The SMILES string of the molecule is [NH]P(=O)(O)O. The normalized spacial score (nSPS) is 11.8. The van der Waals surface area contributed by atoms with E-state index in [1.54, 1.807) is 0 Å². The summed E-state index contributed by atoms with van der Waals surface area (Å²) in [5, 5.41) is 0. The van der Waals surface area contributed by atoms with E-state index in [-0.39, 0.29) is 0 Å². The van der Waals surface area contributed by atoms with Gasteiger partial charge in [-0.2, -0.15) is 0 Å². The molecule has 0 bridgehead atoms. The molecule has 0 aliphatic heterocycles. The fraction of sp³-hybridized carbons (Fsp3) is 0. The molecule has 0 heterocycles. The largest absolute Gasteiger partial charge is 0.414 e. The summed E-state index contributed by atoms with van der Waals surface area (Å²) < 4.78 is 8.99. The lowest BCUT2D eigenvalue weighted by Gasteiger charge is -1.82. The zero-order valence-corrected chi connectivity index (χ0v) is 3.14. The molecule has 0 saturated heterocycles. The summed E-state index contributed by atoms with van der Waals surface area (Å²) >= 11 is 0. The van der Waals surface area contributed by atoms with Gasteiger partial charge in [-0.25, -0.2) is 4.57 Å². The Bertz CT molecular complexity index is 53.0. The lowest BCUT2D eigenvalue weighted by atomic mass is 13.9. The molecule has 1 radical (unpaired) electrons. The van der Waals surface area contributed by atoms with Crippen molar-refractivity contribution < 1.29 is 14.4 Å². The summed E-state index contributed by atoms with van der Waals surface area (Å²) in [4.78, 5) is 14.6. The van der Waals surface area contributed by atoms with E-state index in [0.29, 0.717) is 0 Å². The van der Waals surface area contributed by atoms with Crippen LogP contribution < -0.4 is 5.50 Å². The molecule has 5 heavy (non-hydrogen) atoms. The van der Waals surface area contributed by atoms with Crippen LogP contribution in [0.25, 0.3) is 0 Å². The number of hydrogen-bond donors (Lipinski definition) is 2. The molecular weight excluding hydrogens is 93.0 g/mol. The maximum absolute atomic E-state index is 8.99. The van der Waals surface area contributed by atoms with Gasteiger partial charge in [-0.3, -0.25) is 0 Å². The zero-order valence-electron chi connectivity index (χ0n) is 2.25. The second kappa shape index (κ2) is 1.06. The Morgan fingerprint density at radius 2 is 1.60 bits per heavy atom. The van der Waals surface area contributed by atoms with E-state index in [1.807, 2.05) is 0 Å². The van der Waals surface area contributed by atoms with Crippen molar-refractivity contribution in [3.8, 4) is 0 Å². The highest BCUT2D eigenvalue weighted by Gasteiger charge is 1.98. The minimum absolute atomic E-state index is 4.39. The van der Waals surface area contributed by atoms with Crippen LogP contribution in [0.4, 0.5) is 0 Å². The highest BCUT2D eigenvalue weighted by atomic mass is 31.2. The molecule has 0 amide bonds. The molecule has 0 rings (SSSR count). The molecule has 0 aromatic carbocycles. The fourth-order valence-electron chi connectivity index (χ4n) is 0. The molecule has 0 aliphatic rings. The van der Waals surface area contributed by atoms with Crippen molar-refractivity contribution in [2.24, 2.45) is 0 Å². The molecule has 3 N–H and O–H groups in total. The van der Waals surface area contributed by atoms with E-state index >= 15 is 0 Å². The third-order valence-corrected chi connectivity index (χ3v) is 0. The minimum Gasteiger partial charge on any atom is -0.312 e. The topological polar surface area (TPSA) is 81.3 Å². The summed E-state index contributed by atoms with van der Waals surface area (Å²) in [5.74, 6) is 0. The van der Waals surface area contributed by atoms with Gasteiger partial charge in [-0.1, -0.05) is 0 Å². The predicted octanol–water partition coefficient (Wildman–Crippen LogP) is -0.638. The van der Waals surface area contributed by atoms with Gasteiger partial charge in [0.25, 0.3) is 0 Å². The standard InChI is InChI=1S/H3NO3P/c1-5(2,3)4/h1H,(H2,2,3,4). The number of nitrogens with one attached hydrogen (secondary N) is 1. The van der Waals surface area contributed by atoms with Crippen molar-refractivity contribution >= 4 is 7.75 Å². The van der Waals surface area contributed by atoms with Crippen LogP contribution in [-0.4, -0.2) is 9.79 Å². The molecule has 0 atom stereocenters. The summed E-state index contributed by atoms with van der Waals surface area (Å²) in [5.41, 5.74) is 5.60. The van der Waals surface area contributed by atoms with Crippen molar-refractivity contribution in [3.05, 3.63) is 0 Å². The number of hydrogen-bond acceptors (Lipinski definition) is 1. The van der Waals surface area contributed by atoms with Gasteiger partial charge in [0, 0.05) is 0 Å². The van der Waals surface area contributed by atoms with Crippen molar-refractivity contribution in [2.45, 2.75) is 0 Å². The van der Waals surface area contributed by atoms with E-state index in [4.69, 9.17) is 19.9 Å². The Balaban J connectivity index is 3.47. The van der Waals surface area contributed by atoms with Gasteiger partial charge in [0.2, 0.25) is 0 Å². The second-order valence-electron chi connectivity index (χ2n) is 0.544. The van der Waals surface area contributed by atoms with Crippen LogP contribution in [0, 0.1) is 0 Å². The maximum Gasteiger partial charge on any atom is 0.414 e. The highest BCUT2D eigenvalue weighted by molar-refractivity contribution is 7.48. The minimum atomic E-state index is -4.39. The highest BCUT2D eigenvalue weighted by Crippen LogP contribution is 2.24. The molecule has 0 saturated carbocycles. The van der Waals surface area contributed by atoms with Crippen LogP contribution in [0.1, 0.15) is 0 Å². The fourth-order valence-corrected chi connectivity index (χ4v) is 0. The first-order chi connectivity index (χ1) is 2.00. The maximum atomic E-state index is 8.99. The first-order valence-electron chi connectivity index (χ1n) is 0.806. The lowest BCUT2D eigenvalue weighted by molar-refractivity contribution is 0.372. The van der Waals surface area contributed by atoms with Gasteiger partial charge in [0.1, 0.15) is 0 Å². The molecule has 0 spiro atoms. The van der Waals surface area contributed by atoms with Crippen LogP contribution in [-0.2, 0) is 4.57 Å². The molecule has 0 fully saturated rings.